The third kappa shape index (κ3) is 3.00. The number of Topliss-reactive ketones (excluding diaryl/α,β-unsaturated/α-hetero) is 3. The lowest BCUT2D eigenvalue weighted by atomic mass is 9.80. The Hall–Kier alpha value is -3.04. The summed E-state index contributed by atoms with van der Waals surface area (Å²) < 4.78 is 31.7. The average Bonchev–Trinajstić information content (AvgIpc) is 3.03. The largest absolute Gasteiger partial charge is 0.297 e. The van der Waals surface area contributed by atoms with Crippen molar-refractivity contribution in [1.29, 1.82) is 0 Å². The van der Waals surface area contributed by atoms with E-state index in [1.165, 1.54) is 0 Å². The Labute approximate surface area is 167 Å². The van der Waals surface area contributed by atoms with Crippen molar-refractivity contribution in [3.8, 4) is 0 Å². The third-order valence-corrected chi connectivity index (χ3v) is 4.86. The van der Waals surface area contributed by atoms with E-state index in [-0.39, 0.29) is 0 Å². The van der Waals surface area contributed by atoms with Crippen LogP contribution in [0.5, 0.6) is 0 Å². The summed E-state index contributed by atoms with van der Waals surface area (Å²) in [7, 11) is 0. The molecule has 0 fully saturated rings. The number of hydrogen-bond acceptors (Lipinski definition) is 3. The van der Waals surface area contributed by atoms with Gasteiger partial charge in [0.05, 0.1) is 11.4 Å². The molecule has 0 aliphatic heterocycles. The summed E-state index contributed by atoms with van der Waals surface area (Å²) in [6.45, 7) is 0. The van der Waals surface area contributed by atoms with Gasteiger partial charge < -0.3 is 0 Å². The molecule has 3 aromatic carbocycles. The van der Waals surface area contributed by atoms with Gasteiger partial charge in [0, 0.05) is 16.1 Å². The molecule has 0 saturated carbocycles. The van der Waals surface area contributed by atoms with Crippen LogP contribution in [0.2, 0.25) is 5.02 Å². The summed E-state index contributed by atoms with van der Waals surface area (Å²) in [5.74, 6) is -5.15. The van der Waals surface area contributed by atoms with E-state index in [1.807, 2.05) is 0 Å². The summed E-state index contributed by atoms with van der Waals surface area (Å²) in [6, 6.07) is 12.7. The zero-order valence-electron chi connectivity index (χ0n) is 18.0. The number of ketones is 3. The standard InChI is InChI=1S/C23H15ClO3/c24-16-12-10-15(11-13-16)19(14-6-2-1-3-7-14)23(27)20-21(25)17-8-4-5-9-18(17)22(20)26/h1-13,19-20H/i4D,5D,8D,9D. The molecule has 0 saturated heterocycles. The normalized spacial score (nSPS) is 16.9. The van der Waals surface area contributed by atoms with Crippen LogP contribution in [-0.4, -0.2) is 17.3 Å². The van der Waals surface area contributed by atoms with Crippen LogP contribution in [-0.2, 0) is 4.79 Å². The Kier molecular flexibility index (Phi) is 3.38. The Balaban J connectivity index is 1.86. The van der Waals surface area contributed by atoms with Crippen LogP contribution in [0.15, 0.2) is 78.8 Å². The molecule has 0 spiro atoms. The molecule has 1 unspecified atom stereocenters. The number of rotatable bonds is 4. The Bertz CT molecular complexity index is 1190. The van der Waals surface area contributed by atoms with Gasteiger partial charge in [-0.3, -0.25) is 14.4 Å². The van der Waals surface area contributed by atoms with Crippen molar-refractivity contribution in [3.05, 3.63) is 106 Å². The summed E-state index contributed by atoms with van der Waals surface area (Å²) in [4.78, 5) is 39.8. The molecule has 0 radical (unpaired) electrons. The van der Waals surface area contributed by atoms with E-state index >= 15 is 0 Å². The number of carbonyl (C=O) groups excluding carboxylic acids is 3. The molecule has 0 aromatic heterocycles. The van der Waals surface area contributed by atoms with Gasteiger partial charge in [-0.25, -0.2) is 0 Å². The van der Waals surface area contributed by atoms with E-state index in [4.69, 9.17) is 17.1 Å². The van der Waals surface area contributed by atoms with Gasteiger partial charge in [0.2, 0.25) is 0 Å². The number of benzene rings is 3. The minimum Gasteiger partial charge on any atom is -0.297 e. The highest BCUT2D eigenvalue weighted by molar-refractivity contribution is 6.36. The van der Waals surface area contributed by atoms with Gasteiger partial charge in [0.15, 0.2) is 17.3 Å². The lowest BCUT2D eigenvalue weighted by molar-refractivity contribution is -0.120. The molecule has 0 heterocycles. The first-order valence-electron chi connectivity index (χ1n) is 10.3. The maximum absolute atomic E-state index is 13.6. The van der Waals surface area contributed by atoms with Gasteiger partial charge in [-0.1, -0.05) is 78.2 Å². The second-order valence-electron chi connectivity index (χ2n) is 6.21. The topological polar surface area (TPSA) is 51.2 Å². The van der Waals surface area contributed by atoms with Crippen LogP contribution in [0, 0.1) is 5.92 Å². The van der Waals surface area contributed by atoms with Crippen molar-refractivity contribution in [1.82, 2.24) is 0 Å². The molecule has 3 nitrogen and oxygen atoms in total. The van der Waals surface area contributed by atoms with Crippen molar-refractivity contribution >= 4 is 29.0 Å². The predicted octanol–water partition coefficient (Wildman–Crippen LogP) is 4.74. The van der Waals surface area contributed by atoms with Gasteiger partial charge in [0.25, 0.3) is 0 Å². The highest BCUT2D eigenvalue weighted by Crippen LogP contribution is 2.35. The van der Waals surface area contributed by atoms with Crippen LogP contribution >= 0.6 is 11.6 Å². The van der Waals surface area contributed by atoms with E-state index in [2.05, 4.69) is 0 Å². The summed E-state index contributed by atoms with van der Waals surface area (Å²) in [5, 5.41) is 0.465. The minimum absolute atomic E-state index is 0.419. The number of carbonyl (C=O) groups is 3. The van der Waals surface area contributed by atoms with Crippen molar-refractivity contribution in [3.63, 3.8) is 0 Å². The zero-order chi connectivity index (χ0) is 22.4. The SMILES string of the molecule is [2H]c1c([2H])c([2H])c2c(c1[2H])C(=O)C(C(=O)C(c1ccccc1)c1ccc(Cl)cc1)C2=O. The second kappa shape index (κ2) is 6.93. The smallest absolute Gasteiger partial charge is 0.181 e. The Morgan fingerprint density at radius 2 is 1.37 bits per heavy atom. The quantitative estimate of drug-likeness (QED) is 0.616. The third-order valence-electron chi connectivity index (χ3n) is 4.61. The van der Waals surface area contributed by atoms with Gasteiger partial charge in [0.1, 0.15) is 5.92 Å². The van der Waals surface area contributed by atoms with E-state index in [1.54, 1.807) is 54.6 Å². The molecule has 132 valence electrons. The van der Waals surface area contributed by atoms with Crippen molar-refractivity contribution in [2.75, 3.05) is 0 Å². The first-order chi connectivity index (χ1) is 14.7. The molecular formula is C23H15ClO3. The molecule has 4 rings (SSSR count). The van der Waals surface area contributed by atoms with Gasteiger partial charge >= 0.3 is 0 Å². The summed E-state index contributed by atoms with van der Waals surface area (Å²) in [5.41, 5.74) is 0.275. The lowest BCUT2D eigenvalue weighted by Gasteiger charge is -2.19. The predicted molar refractivity (Wildman–Crippen MR) is 103 cm³/mol. The van der Waals surface area contributed by atoms with Crippen molar-refractivity contribution in [2.24, 2.45) is 5.92 Å². The number of hydrogen-bond donors (Lipinski definition) is 0. The molecule has 0 N–H and O–H groups in total. The highest BCUT2D eigenvalue weighted by Gasteiger charge is 2.45. The number of fused-ring (bicyclic) bond motifs is 1. The monoisotopic (exact) mass is 378 g/mol. The molecule has 0 bridgehead atoms. The molecule has 27 heavy (non-hydrogen) atoms. The van der Waals surface area contributed by atoms with Crippen LogP contribution in [0.4, 0.5) is 0 Å². The first-order valence-corrected chi connectivity index (χ1v) is 8.64. The van der Waals surface area contributed by atoms with Crippen LogP contribution in [0.3, 0.4) is 0 Å². The Morgan fingerprint density at radius 3 is 1.93 bits per heavy atom. The summed E-state index contributed by atoms with van der Waals surface area (Å²) >= 11 is 5.97. The molecule has 0 amide bonds. The van der Waals surface area contributed by atoms with Crippen LogP contribution in [0.25, 0.3) is 0 Å². The van der Waals surface area contributed by atoms with Crippen LogP contribution < -0.4 is 0 Å². The Morgan fingerprint density at radius 1 is 0.852 bits per heavy atom. The maximum atomic E-state index is 13.6. The van der Waals surface area contributed by atoms with Crippen molar-refractivity contribution < 1.29 is 19.9 Å². The minimum atomic E-state index is -1.73. The zero-order valence-corrected chi connectivity index (χ0v) is 14.7. The molecular weight excluding hydrogens is 360 g/mol. The van der Waals surface area contributed by atoms with E-state index in [0.29, 0.717) is 16.1 Å². The first kappa shape index (κ1) is 13.2. The van der Waals surface area contributed by atoms with Crippen LogP contribution in [0.1, 0.15) is 43.2 Å². The van der Waals surface area contributed by atoms with Gasteiger partial charge in [-0.2, -0.15) is 0 Å². The van der Waals surface area contributed by atoms with Crippen molar-refractivity contribution in [2.45, 2.75) is 5.92 Å². The van der Waals surface area contributed by atoms with E-state index in [0.717, 1.165) is 0 Å². The fraction of sp³-hybridized carbons (Fsp3) is 0.0870. The fourth-order valence-corrected chi connectivity index (χ4v) is 3.46. The molecule has 4 heteroatoms. The average molecular weight is 379 g/mol. The molecule has 1 aliphatic rings. The summed E-state index contributed by atoms with van der Waals surface area (Å²) in [6.07, 6.45) is 0. The molecule has 1 aliphatic carbocycles. The molecule has 1 atom stereocenters. The fourth-order valence-electron chi connectivity index (χ4n) is 3.34. The maximum Gasteiger partial charge on any atom is 0.181 e. The van der Waals surface area contributed by atoms with E-state index < -0.39 is 64.5 Å². The lowest BCUT2D eigenvalue weighted by Crippen LogP contribution is -2.31. The second-order valence-corrected chi connectivity index (χ2v) is 6.65. The highest BCUT2D eigenvalue weighted by atomic mass is 35.5. The van der Waals surface area contributed by atoms with Gasteiger partial charge in [-0.05, 0) is 23.3 Å². The van der Waals surface area contributed by atoms with Gasteiger partial charge in [-0.15, -0.1) is 0 Å². The number of halogens is 1. The van der Waals surface area contributed by atoms with E-state index in [9.17, 15) is 14.4 Å². The molecule has 3 aromatic rings.